The highest BCUT2D eigenvalue weighted by molar-refractivity contribution is 14.0. The summed E-state index contributed by atoms with van der Waals surface area (Å²) in [6.07, 6.45) is 6.53. The molecule has 0 bridgehead atoms. The molecule has 0 spiro atoms. The Labute approximate surface area is 126 Å². The van der Waals surface area contributed by atoms with Crippen LogP contribution in [0.15, 0.2) is 4.99 Å². The zero-order valence-electron chi connectivity index (χ0n) is 10.7. The van der Waals surface area contributed by atoms with E-state index in [1.54, 1.807) is 0 Å². The van der Waals surface area contributed by atoms with Gasteiger partial charge in [-0.15, -0.1) is 24.0 Å². The number of halogens is 1. The van der Waals surface area contributed by atoms with Gasteiger partial charge in [0, 0.05) is 12.8 Å². The highest BCUT2D eigenvalue weighted by atomic mass is 127. The number of hydrogen-bond acceptors (Lipinski definition) is 3. The third-order valence-corrected chi connectivity index (χ3v) is 6.04. The highest BCUT2D eigenvalue weighted by Crippen LogP contribution is 2.43. The number of guanidine groups is 1. The third-order valence-electron chi connectivity index (χ3n) is 3.93. The molecule has 0 amide bonds. The van der Waals surface area contributed by atoms with E-state index < -0.39 is 14.6 Å². The van der Waals surface area contributed by atoms with Crippen LogP contribution < -0.4 is 11.1 Å². The number of nitrogens with one attached hydrogen (secondary N) is 1. The van der Waals surface area contributed by atoms with Gasteiger partial charge in [-0.3, -0.25) is 4.99 Å². The van der Waals surface area contributed by atoms with Gasteiger partial charge in [0.1, 0.15) is 0 Å². The minimum absolute atomic E-state index is 0. The first-order chi connectivity index (χ1) is 7.93. The molecule has 7 heteroatoms. The molecule has 0 aromatic heterocycles. The fraction of sp³-hybridized carbons (Fsp3) is 0.909. The van der Waals surface area contributed by atoms with Crippen LogP contribution in [0.1, 0.15) is 32.1 Å². The Morgan fingerprint density at radius 3 is 2.44 bits per heavy atom. The first-order valence-electron chi connectivity index (χ1n) is 6.16. The molecule has 0 heterocycles. The average Bonchev–Trinajstić information content (AvgIpc) is 2.91. The van der Waals surface area contributed by atoms with E-state index >= 15 is 0 Å². The molecule has 2 aliphatic rings. The van der Waals surface area contributed by atoms with Crippen molar-refractivity contribution < 1.29 is 8.42 Å². The first-order valence-corrected chi connectivity index (χ1v) is 8.05. The lowest BCUT2D eigenvalue weighted by atomic mass is 9.85. The lowest BCUT2D eigenvalue weighted by Crippen LogP contribution is -2.38. The van der Waals surface area contributed by atoms with Gasteiger partial charge in [0.15, 0.2) is 15.8 Å². The number of aliphatic imine (C=N–C) groups is 1. The zero-order valence-corrected chi connectivity index (χ0v) is 13.8. The number of nitrogens with zero attached hydrogens (tertiary/aromatic N) is 1. The lowest BCUT2D eigenvalue weighted by molar-refractivity contribution is 0.315. The molecule has 0 aliphatic heterocycles. The topological polar surface area (TPSA) is 84.5 Å². The van der Waals surface area contributed by atoms with E-state index in [4.69, 9.17) is 5.73 Å². The van der Waals surface area contributed by atoms with Gasteiger partial charge in [0.05, 0.1) is 11.3 Å². The SMILES string of the molecule is CS(=O)(=O)C1(CN=C(N)NCC2CCC2)CC1.I. The van der Waals surface area contributed by atoms with Crippen LogP contribution in [0.3, 0.4) is 0 Å². The molecule has 106 valence electrons. The predicted octanol–water partition coefficient (Wildman–Crippen LogP) is 0.886. The van der Waals surface area contributed by atoms with Crippen molar-refractivity contribution in [2.45, 2.75) is 36.9 Å². The van der Waals surface area contributed by atoms with Gasteiger partial charge in [-0.05, 0) is 31.6 Å². The second-order valence-corrected chi connectivity index (χ2v) is 7.74. The Morgan fingerprint density at radius 1 is 1.44 bits per heavy atom. The third kappa shape index (κ3) is 3.72. The molecule has 2 fully saturated rings. The van der Waals surface area contributed by atoms with Crippen molar-refractivity contribution in [3.8, 4) is 0 Å². The molecule has 2 saturated carbocycles. The summed E-state index contributed by atoms with van der Waals surface area (Å²) in [6, 6.07) is 0. The summed E-state index contributed by atoms with van der Waals surface area (Å²) in [5.41, 5.74) is 5.72. The molecule has 2 rings (SSSR count). The zero-order chi connectivity index (χ0) is 12.5. The van der Waals surface area contributed by atoms with Gasteiger partial charge in [-0.2, -0.15) is 0 Å². The van der Waals surface area contributed by atoms with Crippen LogP contribution in [0.5, 0.6) is 0 Å². The van der Waals surface area contributed by atoms with Crippen LogP contribution in [0.25, 0.3) is 0 Å². The first kappa shape index (κ1) is 16.0. The van der Waals surface area contributed by atoms with Gasteiger partial charge in [-0.25, -0.2) is 8.42 Å². The minimum Gasteiger partial charge on any atom is -0.370 e. The maximum absolute atomic E-state index is 11.5. The number of nitrogens with two attached hydrogens (primary N) is 1. The Hall–Kier alpha value is -0.0500. The van der Waals surface area contributed by atoms with Crippen LogP contribution in [0.2, 0.25) is 0 Å². The fourth-order valence-corrected chi connectivity index (χ4v) is 3.16. The highest BCUT2D eigenvalue weighted by Gasteiger charge is 2.51. The molecule has 0 radical (unpaired) electrons. The van der Waals surface area contributed by atoms with E-state index in [1.807, 2.05) is 0 Å². The lowest BCUT2D eigenvalue weighted by Gasteiger charge is -2.25. The summed E-state index contributed by atoms with van der Waals surface area (Å²) in [4.78, 5) is 4.16. The second kappa shape index (κ2) is 5.94. The molecule has 0 aromatic carbocycles. The van der Waals surface area contributed by atoms with Gasteiger partial charge < -0.3 is 11.1 Å². The van der Waals surface area contributed by atoms with Crippen LogP contribution in [-0.4, -0.2) is 38.5 Å². The summed E-state index contributed by atoms with van der Waals surface area (Å²) in [5.74, 6) is 1.10. The molecule has 5 nitrogen and oxygen atoms in total. The van der Waals surface area contributed by atoms with Crippen LogP contribution in [0.4, 0.5) is 0 Å². The normalized spacial score (nSPS) is 22.8. The van der Waals surface area contributed by atoms with E-state index in [0.29, 0.717) is 31.3 Å². The van der Waals surface area contributed by atoms with Crippen LogP contribution in [0, 0.1) is 5.92 Å². The van der Waals surface area contributed by atoms with Gasteiger partial charge in [0.25, 0.3) is 0 Å². The average molecular weight is 387 g/mol. The van der Waals surface area contributed by atoms with E-state index in [1.165, 1.54) is 25.5 Å². The molecule has 18 heavy (non-hydrogen) atoms. The van der Waals surface area contributed by atoms with E-state index in [9.17, 15) is 8.42 Å². The summed E-state index contributed by atoms with van der Waals surface area (Å²) in [5, 5.41) is 3.07. The van der Waals surface area contributed by atoms with Crippen LogP contribution >= 0.6 is 24.0 Å². The Balaban J connectivity index is 0.00000162. The second-order valence-electron chi connectivity index (χ2n) is 5.33. The maximum Gasteiger partial charge on any atom is 0.188 e. The number of sulfone groups is 1. The van der Waals surface area contributed by atoms with Crippen LogP contribution in [-0.2, 0) is 9.84 Å². The van der Waals surface area contributed by atoms with Crippen molar-refractivity contribution in [1.29, 1.82) is 0 Å². The Bertz CT molecular complexity index is 414. The number of hydrogen-bond donors (Lipinski definition) is 2. The van der Waals surface area contributed by atoms with Crippen molar-refractivity contribution in [2.75, 3.05) is 19.3 Å². The van der Waals surface area contributed by atoms with E-state index in [-0.39, 0.29) is 24.0 Å². The monoisotopic (exact) mass is 387 g/mol. The van der Waals surface area contributed by atoms with Crippen molar-refractivity contribution in [3.05, 3.63) is 0 Å². The smallest absolute Gasteiger partial charge is 0.188 e. The van der Waals surface area contributed by atoms with Crippen molar-refractivity contribution >= 4 is 39.8 Å². The minimum atomic E-state index is -3.00. The standard InChI is InChI=1S/C11H21N3O2S.HI/c1-17(15,16)11(5-6-11)8-14-10(12)13-7-9-3-2-4-9;/h9H,2-8H2,1H3,(H3,12,13,14);1H. The summed E-state index contributed by atoms with van der Waals surface area (Å²) < 4.78 is 22.4. The number of rotatable bonds is 5. The molecular formula is C11H22IN3O2S. The van der Waals surface area contributed by atoms with E-state index in [2.05, 4.69) is 10.3 Å². The molecular weight excluding hydrogens is 365 g/mol. The van der Waals surface area contributed by atoms with Crippen molar-refractivity contribution in [3.63, 3.8) is 0 Å². The van der Waals surface area contributed by atoms with Gasteiger partial charge >= 0.3 is 0 Å². The molecule has 0 aromatic rings. The predicted molar refractivity (Wildman–Crippen MR) is 84.1 cm³/mol. The van der Waals surface area contributed by atoms with Gasteiger partial charge in [-0.1, -0.05) is 6.42 Å². The molecule has 0 saturated heterocycles. The van der Waals surface area contributed by atoms with Crippen molar-refractivity contribution in [1.82, 2.24) is 5.32 Å². The van der Waals surface area contributed by atoms with E-state index in [0.717, 1.165) is 6.54 Å². The Kier molecular flexibility index (Phi) is 5.28. The molecule has 0 atom stereocenters. The van der Waals surface area contributed by atoms with Crippen molar-refractivity contribution in [2.24, 2.45) is 16.6 Å². The van der Waals surface area contributed by atoms with Gasteiger partial charge in [0.2, 0.25) is 0 Å². The Morgan fingerprint density at radius 2 is 2.06 bits per heavy atom. The fourth-order valence-electron chi connectivity index (χ4n) is 2.02. The largest absolute Gasteiger partial charge is 0.370 e. The molecule has 2 aliphatic carbocycles. The summed E-state index contributed by atoms with van der Waals surface area (Å²) >= 11 is 0. The summed E-state index contributed by atoms with van der Waals surface area (Å²) in [6.45, 7) is 1.16. The molecule has 0 unspecified atom stereocenters. The maximum atomic E-state index is 11.5. The summed E-state index contributed by atoms with van der Waals surface area (Å²) in [7, 11) is -3.00. The quantitative estimate of drug-likeness (QED) is 0.417. The molecule has 3 N–H and O–H groups in total.